The van der Waals surface area contributed by atoms with Crippen LogP contribution in [0.5, 0.6) is 17.2 Å². The maximum absolute atomic E-state index is 13.2. The molecule has 0 unspecified atom stereocenters. The summed E-state index contributed by atoms with van der Waals surface area (Å²) in [4.78, 5) is 20.1. The van der Waals surface area contributed by atoms with Gasteiger partial charge in [0, 0.05) is 31.9 Å². The van der Waals surface area contributed by atoms with E-state index in [1.165, 1.54) is 11.8 Å². The summed E-state index contributed by atoms with van der Waals surface area (Å²) in [5, 5.41) is 0.647. The van der Waals surface area contributed by atoms with Crippen molar-refractivity contribution in [1.29, 1.82) is 0 Å². The van der Waals surface area contributed by atoms with E-state index < -0.39 is 0 Å². The molecule has 0 N–H and O–H groups in total. The molecule has 2 heterocycles. The van der Waals surface area contributed by atoms with Crippen molar-refractivity contribution in [2.75, 3.05) is 34.2 Å². The van der Waals surface area contributed by atoms with Gasteiger partial charge in [0.2, 0.25) is 6.79 Å². The van der Waals surface area contributed by atoms with Gasteiger partial charge in [0.15, 0.2) is 16.7 Å². The third-order valence-electron chi connectivity index (χ3n) is 4.61. The lowest BCUT2D eigenvalue weighted by Gasteiger charge is -2.15. The lowest BCUT2D eigenvalue weighted by atomic mass is 10.1. The predicted molar refractivity (Wildman–Crippen MR) is 116 cm³/mol. The van der Waals surface area contributed by atoms with Gasteiger partial charge in [0.1, 0.15) is 5.75 Å². The second-order valence-electron chi connectivity index (χ2n) is 6.59. The summed E-state index contributed by atoms with van der Waals surface area (Å²) in [7, 11) is 3.24. The topological polar surface area (TPSA) is 69.6 Å². The third kappa shape index (κ3) is 4.29. The normalized spacial score (nSPS) is 17.9. The molecule has 156 valence electrons. The number of rotatable bonds is 7. The molecule has 2 aromatic carbocycles. The largest absolute Gasteiger partial charge is 0.496 e. The van der Waals surface area contributed by atoms with Crippen molar-refractivity contribution < 1.29 is 23.7 Å². The van der Waals surface area contributed by atoms with Gasteiger partial charge in [-0.1, -0.05) is 18.2 Å². The molecule has 0 radical (unpaired) electrons. The highest BCUT2D eigenvalue weighted by molar-refractivity contribution is 8.18. The van der Waals surface area contributed by atoms with Crippen LogP contribution in [0.25, 0.3) is 6.08 Å². The number of ether oxygens (including phenoxy) is 4. The summed E-state index contributed by atoms with van der Waals surface area (Å²) in [6.07, 6.45) is 2.53. The molecule has 0 saturated carbocycles. The highest BCUT2D eigenvalue weighted by Gasteiger charge is 2.33. The first-order chi connectivity index (χ1) is 14.7. The summed E-state index contributed by atoms with van der Waals surface area (Å²) in [6, 6.07) is 13.2. The van der Waals surface area contributed by atoms with Crippen LogP contribution in [0, 0.1) is 0 Å². The molecule has 1 amide bonds. The van der Waals surface area contributed by atoms with Crippen molar-refractivity contribution in [3.8, 4) is 17.2 Å². The Balaban J connectivity index is 1.67. The van der Waals surface area contributed by atoms with Crippen LogP contribution >= 0.6 is 11.8 Å². The number of thioether (sulfide) groups is 1. The van der Waals surface area contributed by atoms with E-state index in [4.69, 9.17) is 18.9 Å². The summed E-state index contributed by atoms with van der Waals surface area (Å²) in [5.41, 5.74) is 1.54. The van der Waals surface area contributed by atoms with Crippen LogP contribution in [-0.4, -0.2) is 50.1 Å². The van der Waals surface area contributed by atoms with Crippen molar-refractivity contribution in [2.24, 2.45) is 4.99 Å². The fourth-order valence-electron chi connectivity index (χ4n) is 3.14. The van der Waals surface area contributed by atoms with Gasteiger partial charge < -0.3 is 18.9 Å². The second-order valence-corrected chi connectivity index (χ2v) is 7.60. The van der Waals surface area contributed by atoms with E-state index in [9.17, 15) is 4.79 Å². The number of nitrogens with zero attached hydrogens (tertiary/aromatic N) is 2. The lowest BCUT2D eigenvalue weighted by molar-refractivity contribution is -0.122. The van der Waals surface area contributed by atoms with Gasteiger partial charge in [0.05, 0.1) is 17.7 Å². The minimum atomic E-state index is -0.0921. The Hall–Kier alpha value is -2.97. The van der Waals surface area contributed by atoms with Crippen LogP contribution in [0.4, 0.5) is 5.69 Å². The van der Waals surface area contributed by atoms with Gasteiger partial charge in [-0.05, 0) is 42.5 Å². The number of amides is 1. The molecule has 2 aliphatic rings. The lowest BCUT2D eigenvalue weighted by Crippen LogP contribution is -2.30. The average molecular weight is 426 g/mol. The summed E-state index contributed by atoms with van der Waals surface area (Å²) in [6.45, 7) is 1.27. The van der Waals surface area contributed by atoms with E-state index in [0.29, 0.717) is 40.5 Å². The Kier molecular flexibility index (Phi) is 6.25. The molecule has 4 rings (SSSR count). The molecule has 0 bridgehead atoms. The summed E-state index contributed by atoms with van der Waals surface area (Å²) in [5.74, 6) is 1.78. The highest BCUT2D eigenvalue weighted by Crippen LogP contribution is 2.41. The molecule has 8 heteroatoms. The average Bonchev–Trinajstić information content (AvgIpc) is 3.33. The van der Waals surface area contributed by atoms with Gasteiger partial charge in [-0.25, -0.2) is 4.99 Å². The highest BCUT2D eigenvalue weighted by atomic mass is 32.2. The number of benzene rings is 2. The van der Waals surface area contributed by atoms with Crippen LogP contribution < -0.4 is 14.2 Å². The number of carbonyl (C=O) groups excluding carboxylic acids is 1. The fourth-order valence-corrected chi connectivity index (χ4v) is 4.15. The molecule has 0 spiro atoms. The first-order valence-electron chi connectivity index (χ1n) is 9.51. The maximum atomic E-state index is 13.2. The molecule has 2 aromatic rings. The smallest absolute Gasteiger partial charge is 0.266 e. The molecule has 2 aliphatic heterocycles. The van der Waals surface area contributed by atoms with Crippen molar-refractivity contribution in [3.05, 3.63) is 52.9 Å². The number of amidine groups is 1. The minimum Gasteiger partial charge on any atom is -0.496 e. The first-order valence-corrected chi connectivity index (χ1v) is 10.3. The summed E-state index contributed by atoms with van der Waals surface area (Å²) < 4.78 is 21.5. The van der Waals surface area contributed by atoms with Gasteiger partial charge in [-0.2, -0.15) is 0 Å². The zero-order valence-corrected chi connectivity index (χ0v) is 17.6. The zero-order chi connectivity index (χ0) is 20.9. The molecule has 0 aromatic heterocycles. The molecule has 1 fully saturated rings. The third-order valence-corrected chi connectivity index (χ3v) is 5.62. The maximum Gasteiger partial charge on any atom is 0.266 e. The van der Waals surface area contributed by atoms with Crippen LogP contribution in [0.3, 0.4) is 0 Å². The monoisotopic (exact) mass is 426 g/mol. The Morgan fingerprint density at radius 1 is 1.17 bits per heavy atom. The van der Waals surface area contributed by atoms with E-state index in [1.807, 2.05) is 42.5 Å². The van der Waals surface area contributed by atoms with Crippen molar-refractivity contribution >= 4 is 34.6 Å². The van der Waals surface area contributed by atoms with Crippen molar-refractivity contribution in [2.45, 2.75) is 6.42 Å². The Labute approximate surface area is 179 Å². The van der Waals surface area contributed by atoms with E-state index in [1.54, 1.807) is 25.2 Å². The first kappa shape index (κ1) is 20.3. The van der Waals surface area contributed by atoms with E-state index in [-0.39, 0.29) is 12.7 Å². The molecule has 1 saturated heterocycles. The van der Waals surface area contributed by atoms with Gasteiger partial charge in [-0.3, -0.25) is 9.69 Å². The number of hydrogen-bond acceptors (Lipinski definition) is 7. The standard InChI is InChI=1S/C22H22N2O5S/c1-26-10-6-9-24-21(25)20(30-22(24)23-16-7-4-3-5-8-16)12-15-11-18-19(29-14-28-18)13-17(15)27-2/h3-5,7-8,11-13H,6,9-10,14H2,1-2H3/b20-12+,23-22?. The Morgan fingerprint density at radius 2 is 1.93 bits per heavy atom. The fraction of sp³-hybridized carbons (Fsp3) is 0.273. The summed E-state index contributed by atoms with van der Waals surface area (Å²) >= 11 is 1.35. The minimum absolute atomic E-state index is 0.0921. The quantitative estimate of drug-likeness (QED) is 0.491. The predicted octanol–water partition coefficient (Wildman–Crippen LogP) is 4.06. The van der Waals surface area contributed by atoms with Gasteiger partial charge in [0.25, 0.3) is 5.91 Å². The Bertz CT molecular complexity index is 991. The van der Waals surface area contributed by atoms with Gasteiger partial charge in [-0.15, -0.1) is 0 Å². The van der Waals surface area contributed by atoms with Crippen LogP contribution in [-0.2, 0) is 9.53 Å². The molecular formula is C22H22N2O5S. The number of hydrogen-bond donors (Lipinski definition) is 0. The second kappa shape index (κ2) is 9.23. The van der Waals surface area contributed by atoms with Crippen LogP contribution in [0.1, 0.15) is 12.0 Å². The number of para-hydroxylation sites is 1. The van der Waals surface area contributed by atoms with Crippen LogP contribution in [0.2, 0.25) is 0 Å². The number of fused-ring (bicyclic) bond motifs is 1. The van der Waals surface area contributed by atoms with Gasteiger partial charge >= 0.3 is 0 Å². The van der Waals surface area contributed by atoms with E-state index in [0.717, 1.165) is 17.7 Å². The van der Waals surface area contributed by atoms with Crippen LogP contribution in [0.15, 0.2) is 52.4 Å². The van der Waals surface area contributed by atoms with Crippen molar-refractivity contribution in [1.82, 2.24) is 4.90 Å². The number of methoxy groups -OCH3 is 2. The molecule has 0 aliphatic carbocycles. The van der Waals surface area contributed by atoms with E-state index in [2.05, 4.69) is 4.99 Å². The number of carbonyl (C=O) groups is 1. The number of aliphatic imine (C=N–C) groups is 1. The SMILES string of the molecule is COCCCN1C(=O)/C(=C\c2cc3c(cc2OC)OCO3)SC1=Nc1ccccc1. The molecule has 30 heavy (non-hydrogen) atoms. The van der Waals surface area contributed by atoms with Crippen molar-refractivity contribution in [3.63, 3.8) is 0 Å². The molecule has 0 atom stereocenters. The molecular weight excluding hydrogens is 404 g/mol. The Morgan fingerprint density at radius 3 is 2.67 bits per heavy atom. The zero-order valence-electron chi connectivity index (χ0n) is 16.8. The molecule has 7 nitrogen and oxygen atoms in total. The van der Waals surface area contributed by atoms with E-state index >= 15 is 0 Å².